The molecule has 9 heteroatoms. The molecule has 1 amide bonds. The topological polar surface area (TPSA) is 73.3 Å². The van der Waals surface area contributed by atoms with Crippen LogP contribution in [0.4, 0.5) is 5.13 Å². The summed E-state index contributed by atoms with van der Waals surface area (Å²) in [5.74, 6) is 1.23. The summed E-state index contributed by atoms with van der Waals surface area (Å²) in [5, 5.41) is 6.70. The van der Waals surface area contributed by atoms with E-state index in [1.165, 1.54) is 22.7 Å². The van der Waals surface area contributed by atoms with E-state index in [2.05, 4.69) is 15.3 Å². The maximum atomic E-state index is 12.4. The van der Waals surface area contributed by atoms with E-state index in [-0.39, 0.29) is 12.3 Å². The molecule has 0 aliphatic carbocycles. The van der Waals surface area contributed by atoms with Gasteiger partial charge in [0.25, 0.3) is 0 Å². The predicted molar refractivity (Wildman–Crippen MR) is 116 cm³/mol. The summed E-state index contributed by atoms with van der Waals surface area (Å²) in [6.45, 7) is 0.339. The van der Waals surface area contributed by atoms with E-state index in [0.29, 0.717) is 28.2 Å². The lowest BCUT2D eigenvalue weighted by atomic mass is 10.3. The molecule has 2 aromatic carbocycles. The standard InChI is InChI=1S/C20H16ClN3O3S2/c1-26-15-3-2-4-16-19(15)24-20(29-16)23-17(25)9-13-11-28-18(22-13)10-27-14-7-5-12(21)6-8-14/h2-8,11H,9-10H2,1H3,(H,23,24,25). The van der Waals surface area contributed by atoms with Crippen LogP contribution in [0, 0.1) is 0 Å². The van der Waals surface area contributed by atoms with Crippen LogP contribution < -0.4 is 14.8 Å². The van der Waals surface area contributed by atoms with Crippen LogP contribution in [0.15, 0.2) is 47.8 Å². The zero-order valence-electron chi connectivity index (χ0n) is 15.3. The summed E-state index contributed by atoms with van der Waals surface area (Å²) in [4.78, 5) is 21.3. The van der Waals surface area contributed by atoms with Gasteiger partial charge in [0.05, 0.1) is 23.9 Å². The van der Waals surface area contributed by atoms with E-state index < -0.39 is 0 Å². The van der Waals surface area contributed by atoms with Crippen molar-refractivity contribution in [1.82, 2.24) is 9.97 Å². The van der Waals surface area contributed by atoms with E-state index in [1.54, 1.807) is 31.4 Å². The molecule has 0 fully saturated rings. The number of hydrogen-bond donors (Lipinski definition) is 1. The molecule has 148 valence electrons. The Morgan fingerprint density at radius 3 is 2.79 bits per heavy atom. The Labute approximate surface area is 180 Å². The van der Waals surface area contributed by atoms with Gasteiger partial charge in [0.2, 0.25) is 5.91 Å². The average molecular weight is 446 g/mol. The summed E-state index contributed by atoms with van der Waals surface area (Å²) < 4.78 is 11.9. The quantitative estimate of drug-likeness (QED) is 0.424. The number of carbonyl (C=O) groups excluding carboxylic acids is 1. The van der Waals surface area contributed by atoms with Gasteiger partial charge in [0.15, 0.2) is 5.13 Å². The molecular formula is C20H16ClN3O3S2. The first-order chi connectivity index (χ1) is 14.1. The Morgan fingerprint density at radius 2 is 2.00 bits per heavy atom. The molecule has 1 N–H and O–H groups in total. The highest BCUT2D eigenvalue weighted by Gasteiger charge is 2.13. The number of halogens is 1. The largest absolute Gasteiger partial charge is 0.494 e. The highest BCUT2D eigenvalue weighted by molar-refractivity contribution is 7.22. The Morgan fingerprint density at radius 1 is 1.17 bits per heavy atom. The fourth-order valence-corrected chi connectivity index (χ4v) is 4.37. The molecule has 6 nitrogen and oxygen atoms in total. The third kappa shape index (κ3) is 4.84. The number of aromatic nitrogens is 2. The number of carbonyl (C=O) groups is 1. The fraction of sp³-hybridized carbons (Fsp3) is 0.150. The SMILES string of the molecule is COc1cccc2sc(NC(=O)Cc3csc(COc4ccc(Cl)cc4)n3)nc12. The molecule has 0 aliphatic rings. The van der Waals surface area contributed by atoms with Crippen LogP contribution in [0.5, 0.6) is 11.5 Å². The van der Waals surface area contributed by atoms with E-state index >= 15 is 0 Å². The smallest absolute Gasteiger partial charge is 0.232 e. The number of nitrogens with one attached hydrogen (secondary N) is 1. The van der Waals surface area contributed by atoms with Crippen LogP contribution in [-0.4, -0.2) is 23.0 Å². The molecule has 0 bridgehead atoms. The molecule has 0 unspecified atom stereocenters. The van der Waals surface area contributed by atoms with Gasteiger partial charge in [-0.15, -0.1) is 11.3 Å². The van der Waals surface area contributed by atoms with Crippen molar-refractivity contribution in [3.8, 4) is 11.5 Å². The number of nitrogens with zero attached hydrogens (tertiary/aromatic N) is 2. The van der Waals surface area contributed by atoms with Gasteiger partial charge < -0.3 is 14.8 Å². The maximum absolute atomic E-state index is 12.4. The van der Waals surface area contributed by atoms with Gasteiger partial charge >= 0.3 is 0 Å². The van der Waals surface area contributed by atoms with Gasteiger partial charge in [-0.25, -0.2) is 9.97 Å². The van der Waals surface area contributed by atoms with Crippen LogP contribution in [0.2, 0.25) is 5.02 Å². The molecule has 0 radical (unpaired) electrons. The summed E-state index contributed by atoms with van der Waals surface area (Å²) in [6, 6.07) is 12.8. The van der Waals surface area contributed by atoms with E-state index in [4.69, 9.17) is 21.1 Å². The van der Waals surface area contributed by atoms with Gasteiger partial charge in [-0.05, 0) is 36.4 Å². The molecule has 2 aromatic heterocycles. The van der Waals surface area contributed by atoms with Crippen molar-refractivity contribution in [2.24, 2.45) is 0 Å². The number of anilines is 1. The van der Waals surface area contributed by atoms with Crippen molar-refractivity contribution < 1.29 is 14.3 Å². The first-order valence-corrected chi connectivity index (χ1v) is 10.7. The molecule has 0 spiro atoms. The normalized spacial score (nSPS) is 10.8. The minimum atomic E-state index is -0.168. The lowest BCUT2D eigenvalue weighted by molar-refractivity contribution is -0.115. The van der Waals surface area contributed by atoms with Crippen molar-refractivity contribution in [3.05, 3.63) is 63.6 Å². The zero-order valence-corrected chi connectivity index (χ0v) is 17.7. The number of rotatable bonds is 7. The average Bonchev–Trinajstić information content (AvgIpc) is 3.33. The van der Waals surface area contributed by atoms with Crippen LogP contribution in [0.3, 0.4) is 0 Å². The Balaban J connectivity index is 1.35. The molecule has 0 aliphatic heterocycles. The van der Waals surface area contributed by atoms with Crippen molar-refractivity contribution in [3.63, 3.8) is 0 Å². The van der Waals surface area contributed by atoms with Crippen molar-refractivity contribution in [2.45, 2.75) is 13.0 Å². The van der Waals surface area contributed by atoms with Crippen molar-refractivity contribution in [2.75, 3.05) is 12.4 Å². The Bertz CT molecular complexity index is 1140. The second-order valence-electron chi connectivity index (χ2n) is 6.03. The van der Waals surface area contributed by atoms with Gasteiger partial charge in [-0.1, -0.05) is 29.0 Å². The summed E-state index contributed by atoms with van der Waals surface area (Å²) in [5.41, 5.74) is 1.44. The van der Waals surface area contributed by atoms with E-state index in [0.717, 1.165) is 21.0 Å². The van der Waals surface area contributed by atoms with E-state index in [9.17, 15) is 4.79 Å². The number of hydrogen-bond acceptors (Lipinski definition) is 7. The first kappa shape index (κ1) is 19.6. The predicted octanol–water partition coefficient (Wildman–Crippen LogP) is 5.18. The number of thiazole rings is 2. The van der Waals surface area contributed by atoms with Crippen LogP contribution >= 0.6 is 34.3 Å². The number of fused-ring (bicyclic) bond motifs is 1. The minimum Gasteiger partial charge on any atom is -0.494 e. The van der Waals surface area contributed by atoms with Gasteiger partial charge in [-0.2, -0.15) is 0 Å². The number of amides is 1. The summed E-state index contributed by atoms with van der Waals surface area (Å²) >= 11 is 8.73. The zero-order chi connectivity index (χ0) is 20.2. The van der Waals surface area contributed by atoms with Crippen LogP contribution in [-0.2, 0) is 17.8 Å². The molecule has 2 heterocycles. The highest BCUT2D eigenvalue weighted by Crippen LogP contribution is 2.32. The number of para-hydroxylation sites is 1. The van der Waals surface area contributed by atoms with Gasteiger partial charge in [0.1, 0.15) is 28.6 Å². The van der Waals surface area contributed by atoms with Crippen molar-refractivity contribution in [1.29, 1.82) is 0 Å². The lowest BCUT2D eigenvalue weighted by Crippen LogP contribution is -2.14. The molecule has 4 aromatic rings. The third-order valence-electron chi connectivity index (χ3n) is 3.97. The second-order valence-corrected chi connectivity index (χ2v) is 8.44. The Hall–Kier alpha value is -2.68. The molecule has 0 atom stereocenters. The van der Waals surface area contributed by atoms with Gasteiger partial charge in [-0.3, -0.25) is 4.79 Å². The third-order valence-corrected chi connectivity index (χ3v) is 6.02. The first-order valence-electron chi connectivity index (χ1n) is 8.66. The van der Waals surface area contributed by atoms with Gasteiger partial charge in [0, 0.05) is 10.4 Å². The van der Waals surface area contributed by atoms with Crippen molar-refractivity contribution >= 4 is 55.5 Å². The highest BCUT2D eigenvalue weighted by atomic mass is 35.5. The Kier molecular flexibility index (Phi) is 5.94. The summed E-state index contributed by atoms with van der Waals surface area (Å²) in [6.07, 6.45) is 0.171. The lowest BCUT2D eigenvalue weighted by Gasteiger charge is -2.03. The fourth-order valence-electron chi connectivity index (χ4n) is 2.64. The second kappa shape index (κ2) is 8.77. The molecule has 0 saturated heterocycles. The molecule has 4 rings (SSSR count). The molecule has 29 heavy (non-hydrogen) atoms. The van der Waals surface area contributed by atoms with Crippen LogP contribution in [0.25, 0.3) is 10.2 Å². The van der Waals surface area contributed by atoms with Crippen LogP contribution in [0.1, 0.15) is 10.7 Å². The summed E-state index contributed by atoms with van der Waals surface area (Å²) in [7, 11) is 1.60. The monoisotopic (exact) mass is 445 g/mol. The number of benzene rings is 2. The number of methoxy groups -OCH3 is 1. The molecular weight excluding hydrogens is 430 g/mol. The maximum Gasteiger partial charge on any atom is 0.232 e. The minimum absolute atomic E-state index is 0.168. The molecule has 0 saturated carbocycles. The number of ether oxygens (including phenoxy) is 2. The van der Waals surface area contributed by atoms with E-state index in [1.807, 2.05) is 23.6 Å².